The minimum absolute atomic E-state index is 0.255. The highest BCUT2D eigenvalue weighted by atomic mass is 19.1. The third kappa shape index (κ3) is 3.39. The lowest BCUT2D eigenvalue weighted by molar-refractivity contribution is -0.147. The number of halogens is 2. The number of benzene rings is 1. The van der Waals surface area contributed by atoms with Crippen LogP contribution < -0.4 is 10.6 Å². The predicted octanol–water partition coefficient (Wildman–Crippen LogP) is 1.91. The number of nitrogens with one attached hydrogen (secondary N) is 2. The first-order valence-electron chi connectivity index (χ1n) is 7.00. The summed E-state index contributed by atoms with van der Waals surface area (Å²) in [5, 5.41) is 5.93. The normalized spacial score (nSPS) is 19.0. The Kier molecular flexibility index (Phi) is 4.90. The Balaban J connectivity index is 2.10. The summed E-state index contributed by atoms with van der Waals surface area (Å²) in [4.78, 5) is 12.5. The molecular formula is C15H20F2N2O2. The molecule has 1 unspecified atom stereocenters. The van der Waals surface area contributed by atoms with Crippen LogP contribution >= 0.6 is 0 Å². The molecule has 1 atom stereocenters. The highest BCUT2D eigenvalue weighted by Gasteiger charge is 2.40. The Hall–Kier alpha value is -1.53. The van der Waals surface area contributed by atoms with Crippen molar-refractivity contribution in [3.63, 3.8) is 0 Å². The molecule has 0 aromatic heterocycles. The number of hydrogen-bond donors (Lipinski definition) is 2. The molecule has 1 amide bonds. The van der Waals surface area contributed by atoms with Gasteiger partial charge in [-0.15, -0.1) is 0 Å². The molecule has 6 heteroatoms. The lowest BCUT2D eigenvalue weighted by Gasteiger charge is -2.35. The second-order valence-corrected chi connectivity index (χ2v) is 5.31. The number of amides is 1. The molecule has 1 aliphatic heterocycles. The largest absolute Gasteiger partial charge is 0.368 e. The second-order valence-electron chi connectivity index (χ2n) is 5.31. The lowest BCUT2D eigenvalue weighted by Crippen LogP contribution is -2.54. The van der Waals surface area contributed by atoms with Gasteiger partial charge in [0.1, 0.15) is 17.2 Å². The minimum atomic E-state index is -0.879. The first-order valence-corrected chi connectivity index (χ1v) is 7.00. The maximum absolute atomic E-state index is 13.7. The summed E-state index contributed by atoms with van der Waals surface area (Å²) in [5.41, 5.74) is -0.624. The zero-order valence-electron chi connectivity index (χ0n) is 12.2. The van der Waals surface area contributed by atoms with Crippen molar-refractivity contribution in [3.8, 4) is 0 Å². The average molecular weight is 298 g/mol. The van der Waals surface area contributed by atoms with Crippen molar-refractivity contribution in [2.75, 3.05) is 20.2 Å². The second kappa shape index (κ2) is 6.49. The van der Waals surface area contributed by atoms with E-state index in [9.17, 15) is 13.6 Å². The van der Waals surface area contributed by atoms with Crippen molar-refractivity contribution in [3.05, 3.63) is 35.4 Å². The van der Waals surface area contributed by atoms with Gasteiger partial charge in [0.2, 0.25) is 0 Å². The molecule has 4 nitrogen and oxygen atoms in total. The van der Waals surface area contributed by atoms with Crippen molar-refractivity contribution >= 4 is 5.91 Å². The Bertz CT molecular complexity index is 516. The van der Waals surface area contributed by atoms with Gasteiger partial charge < -0.3 is 15.4 Å². The van der Waals surface area contributed by atoms with Gasteiger partial charge in [-0.25, -0.2) is 8.78 Å². The molecule has 1 aromatic rings. The molecular weight excluding hydrogens is 278 g/mol. The first-order chi connectivity index (χ1) is 9.98. The first kappa shape index (κ1) is 15.9. The van der Waals surface area contributed by atoms with Crippen LogP contribution in [0, 0.1) is 11.6 Å². The molecule has 0 bridgehead atoms. The van der Waals surface area contributed by atoms with Gasteiger partial charge in [0.05, 0.1) is 6.04 Å². The number of piperidine rings is 1. The smallest absolute Gasteiger partial charge is 0.252 e. The molecule has 0 spiro atoms. The highest BCUT2D eigenvalue weighted by Crippen LogP contribution is 2.25. The van der Waals surface area contributed by atoms with E-state index in [0.29, 0.717) is 25.9 Å². The molecule has 2 rings (SSSR count). The SMILES string of the molecule is COC1(C(=O)NC(C)c2ccc(F)cc2F)CCNCC1. The summed E-state index contributed by atoms with van der Waals surface area (Å²) in [6.45, 7) is 3.06. The molecule has 2 N–H and O–H groups in total. The third-order valence-electron chi connectivity index (χ3n) is 3.99. The summed E-state index contributed by atoms with van der Waals surface area (Å²) in [7, 11) is 1.51. The van der Waals surface area contributed by atoms with E-state index < -0.39 is 23.3 Å². The van der Waals surface area contributed by atoms with Gasteiger partial charge in [-0.1, -0.05) is 6.07 Å². The van der Waals surface area contributed by atoms with Gasteiger partial charge in [-0.2, -0.15) is 0 Å². The quantitative estimate of drug-likeness (QED) is 0.893. The van der Waals surface area contributed by atoms with Crippen LogP contribution in [0.2, 0.25) is 0 Å². The number of carbonyl (C=O) groups is 1. The maximum Gasteiger partial charge on any atom is 0.252 e. The Morgan fingerprint density at radius 3 is 2.62 bits per heavy atom. The molecule has 1 aromatic carbocycles. The number of hydrogen-bond acceptors (Lipinski definition) is 3. The number of methoxy groups -OCH3 is 1. The molecule has 116 valence electrons. The van der Waals surface area contributed by atoms with Crippen LogP contribution in [0.15, 0.2) is 18.2 Å². The van der Waals surface area contributed by atoms with Crippen LogP contribution in [0.5, 0.6) is 0 Å². The van der Waals surface area contributed by atoms with Gasteiger partial charge in [0, 0.05) is 18.7 Å². The molecule has 0 aliphatic carbocycles. The van der Waals surface area contributed by atoms with E-state index in [1.165, 1.54) is 19.2 Å². The molecule has 0 saturated carbocycles. The van der Waals surface area contributed by atoms with Gasteiger partial charge in [-0.05, 0) is 38.9 Å². The van der Waals surface area contributed by atoms with Crippen molar-refractivity contribution in [2.24, 2.45) is 0 Å². The van der Waals surface area contributed by atoms with Gasteiger partial charge in [-0.3, -0.25) is 4.79 Å². The Morgan fingerprint density at radius 2 is 2.05 bits per heavy atom. The fourth-order valence-corrected chi connectivity index (χ4v) is 2.61. The molecule has 0 radical (unpaired) electrons. The Morgan fingerprint density at radius 1 is 1.38 bits per heavy atom. The van der Waals surface area contributed by atoms with Crippen LogP contribution in [0.25, 0.3) is 0 Å². The third-order valence-corrected chi connectivity index (χ3v) is 3.99. The summed E-state index contributed by atoms with van der Waals surface area (Å²) in [6, 6.07) is 2.78. The molecule has 21 heavy (non-hydrogen) atoms. The lowest BCUT2D eigenvalue weighted by atomic mass is 9.90. The standard InChI is InChI=1S/C15H20F2N2O2/c1-10(12-4-3-11(16)9-13(12)17)19-14(20)15(21-2)5-7-18-8-6-15/h3-4,9-10,18H,5-8H2,1-2H3,(H,19,20). The van der Waals surface area contributed by atoms with Crippen LogP contribution in [0.1, 0.15) is 31.4 Å². The zero-order valence-corrected chi connectivity index (χ0v) is 12.2. The average Bonchev–Trinajstić information content (AvgIpc) is 2.47. The van der Waals surface area contributed by atoms with Crippen molar-refractivity contribution in [2.45, 2.75) is 31.4 Å². The van der Waals surface area contributed by atoms with Crippen LogP contribution in [0.4, 0.5) is 8.78 Å². The van der Waals surface area contributed by atoms with E-state index in [0.717, 1.165) is 6.07 Å². The van der Waals surface area contributed by atoms with E-state index in [2.05, 4.69) is 10.6 Å². The number of rotatable bonds is 4. The minimum Gasteiger partial charge on any atom is -0.368 e. The zero-order chi connectivity index (χ0) is 15.5. The number of carbonyl (C=O) groups excluding carboxylic acids is 1. The van der Waals surface area contributed by atoms with Crippen molar-refractivity contribution < 1.29 is 18.3 Å². The van der Waals surface area contributed by atoms with Crippen LogP contribution in [0.3, 0.4) is 0 Å². The maximum atomic E-state index is 13.7. The summed E-state index contributed by atoms with van der Waals surface area (Å²) in [5.74, 6) is -1.57. The van der Waals surface area contributed by atoms with Crippen LogP contribution in [-0.4, -0.2) is 31.7 Å². The van der Waals surface area contributed by atoms with Crippen molar-refractivity contribution in [1.82, 2.24) is 10.6 Å². The van der Waals surface area contributed by atoms with E-state index in [4.69, 9.17) is 4.74 Å². The highest BCUT2D eigenvalue weighted by molar-refractivity contribution is 5.85. The van der Waals surface area contributed by atoms with Crippen molar-refractivity contribution in [1.29, 1.82) is 0 Å². The summed E-state index contributed by atoms with van der Waals surface area (Å²) >= 11 is 0. The fourth-order valence-electron chi connectivity index (χ4n) is 2.61. The van der Waals surface area contributed by atoms with Gasteiger partial charge in [0.25, 0.3) is 5.91 Å². The fraction of sp³-hybridized carbons (Fsp3) is 0.533. The molecule has 1 saturated heterocycles. The van der Waals surface area contributed by atoms with E-state index in [-0.39, 0.29) is 11.5 Å². The summed E-state index contributed by atoms with van der Waals surface area (Å²) in [6.07, 6.45) is 1.13. The number of ether oxygens (including phenoxy) is 1. The van der Waals surface area contributed by atoms with E-state index >= 15 is 0 Å². The van der Waals surface area contributed by atoms with Gasteiger partial charge >= 0.3 is 0 Å². The predicted molar refractivity (Wildman–Crippen MR) is 74.8 cm³/mol. The summed E-state index contributed by atoms with van der Waals surface area (Å²) < 4.78 is 32.1. The topological polar surface area (TPSA) is 50.4 Å². The molecule has 1 aliphatic rings. The van der Waals surface area contributed by atoms with Crippen LogP contribution in [-0.2, 0) is 9.53 Å². The van der Waals surface area contributed by atoms with E-state index in [1.807, 2.05) is 0 Å². The Labute approximate surface area is 122 Å². The monoisotopic (exact) mass is 298 g/mol. The van der Waals surface area contributed by atoms with E-state index in [1.54, 1.807) is 6.92 Å². The molecule has 1 heterocycles. The molecule has 1 fully saturated rings. The van der Waals surface area contributed by atoms with Gasteiger partial charge in [0.15, 0.2) is 0 Å².